The molecular formula is C18H15N7O3S. The molecule has 0 aliphatic heterocycles. The minimum Gasteiger partial charge on any atom is -0.861 e. The second-order valence-electron chi connectivity index (χ2n) is 6.04. The van der Waals surface area contributed by atoms with Gasteiger partial charge >= 0.3 is 5.88 Å². The summed E-state index contributed by atoms with van der Waals surface area (Å²) in [5.74, 6) is -0.293. The molecule has 0 unspecified atom stereocenters. The third-order valence-electron chi connectivity index (χ3n) is 3.75. The van der Waals surface area contributed by atoms with Gasteiger partial charge < -0.3 is 15.3 Å². The second kappa shape index (κ2) is 8.46. The van der Waals surface area contributed by atoms with Gasteiger partial charge in [-0.2, -0.15) is 10.5 Å². The fraction of sp³-hybridized carbons (Fsp3) is 0.222. The van der Waals surface area contributed by atoms with Crippen LogP contribution in [0, 0.1) is 22.7 Å². The number of nitrogens with two attached hydrogens (primary N) is 1. The molecule has 0 aromatic carbocycles. The summed E-state index contributed by atoms with van der Waals surface area (Å²) in [4.78, 5) is 7.95. The predicted octanol–water partition coefficient (Wildman–Crippen LogP) is 1.71. The molecule has 0 aliphatic rings. The van der Waals surface area contributed by atoms with Crippen LogP contribution in [0.25, 0.3) is 11.3 Å². The lowest BCUT2D eigenvalue weighted by Crippen LogP contribution is -2.36. The molecule has 0 radical (unpaired) electrons. The van der Waals surface area contributed by atoms with Gasteiger partial charge in [-0.05, 0) is 36.6 Å². The van der Waals surface area contributed by atoms with Gasteiger partial charge in [0.2, 0.25) is 5.27 Å². The molecule has 0 spiro atoms. The smallest absolute Gasteiger partial charge is 0.320 e. The van der Waals surface area contributed by atoms with E-state index in [4.69, 9.17) is 14.7 Å². The Labute approximate surface area is 169 Å². The molecule has 3 heterocycles. The minimum absolute atomic E-state index is 0.0387. The van der Waals surface area contributed by atoms with E-state index < -0.39 is 5.90 Å². The highest BCUT2D eigenvalue weighted by Gasteiger charge is 2.22. The van der Waals surface area contributed by atoms with E-state index >= 15 is 0 Å². The van der Waals surface area contributed by atoms with Crippen LogP contribution in [0.5, 0.6) is 0 Å². The highest BCUT2D eigenvalue weighted by molar-refractivity contribution is 8.00. The van der Waals surface area contributed by atoms with Gasteiger partial charge in [-0.1, -0.05) is 11.8 Å². The third-order valence-corrected chi connectivity index (χ3v) is 4.71. The Kier molecular flexibility index (Phi) is 5.81. The molecule has 0 fully saturated rings. The molecule has 10 nitrogen and oxygen atoms in total. The lowest BCUT2D eigenvalue weighted by atomic mass is 10.0. The van der Waals surface area contributed by atoms with Crippen molar-refractivity contribution >= 4 is 29.4 Å². The van der Waals surface area contributed by atoms with Gasteiger partial charge in [0, 0.05) is 5.75 Å². The first-order valence-electron chi connectivity index (χ1n) is 8.37. The summed E-state index contributed by atoms with van der Waals surface area (Å²) >= 11 is 0.980. The molecule has 0 aliphatic carbocycles. The summed E-state index contributed by atoms with van der Waals surface area (Å²) < 4.78 is 11.9. The first-order valence-corrected chi connectivity index (χ1v) is 9.36. The zero-order valence-electron chi connectivity index (χ0n) is 15.5. The number of anilines is 1. The largest absolute Gasteiger partial charge is 0.861 e. The monoisotopic (exact) mass is 409 g/mol. The lowest BCUT2D eigenvalue weighted by Gasteiger charge is -2.12. The van der Waals surface area contributed by atoms with E-state index in [1.54, 1.807) is 12.1 Å². The summed E-state index contributed by atoms with van der Waals surface area (Å²) in [7, 11) is 0. The first-order chi connectivity index (χ1) is 13.9. The number of aliphatic imine (C=N–C) groups is 1. The summed E-state index contributed by atoms with van der Waals surface area (Å²) in [5, 5.41) is 35.2. The molecule has 0 saturated heterocycles. The number of hydrogen-bond donors (Lipinski definition) is 1. The van der Waals surface area contributed by atoms with Crippen LogP contribution in [0.1, 0.15) is 31.0 Å². The maximum Gasteiger partial charge on any atom is 0.320 e. The SMILES string of the molecule is CC(C)[n+]1cc(/N=C(/[O-])CSc2nc(N)c(C#N)c(-c3ccco3)c2C#N)on1. The van der Waals surface area contributed by atoms with Gasteiger partial charge in [0.25, 0.3) is 6.20 Å². The van der Waals surface area contributed by atoms with Gasteiger partial charge in [0.1, 0.15) is 34.3 Å². The number of nitrogen functional groups attached to an aromatic ring is 1. The van der Waals surface area contributed by atoms with Crippen molar-refractivity contribution in [2.24, 2.45) is 4.99 Å². The van der Waals surface area contributed by atoms with Crippen LogP contribution < -0.4 is 15.5 Å². The van der Waals surface area contributed by atoms with Crippen molar-refractivity contribution in [3.8, 4) is 23.5 Å². The van der Waals surface area contributed by atoms with E-state index in [0.29, 0.717) is 5.76 Å². The van der Waals surface area contributed by atoms with Crippen LogP contribution in [0.3, 0.4) is 0 Å². The van der Waals surface area contributed by atoms with Crippen LogP contribution >= 0.6 is 11.8 Å². The average molecular weight is 409 g/mol. The van der Waals surface area contributed by atoms with Crippen molar-refractivity contribution in [1.29, 1.82) is 10.5 Å². The van der Waals surface area contributed by atoms with Gasteiger partial charge in [0.05, 0.1) is 17.4 Å². The molecule has 0 atom stereocenters. The van der Waals surface area contributed by atoms with Gasteiger partial charge in [0.15, 0.2) is 6.04 Å². The summed E-state index contributed by atoms with van der Waals surface area (Å²) in [6.07, 6.45) is 2.94. The molecule has 3 aromatic rings. The molecule has 3 aromatic heterocycles. The van der Waals surface area contributed by atoms with Crippen molar-refractivity contribution in [3.05, 3.63) is 35.7 Å². The summed E-state index contributed by atoms with van der Waals surface area (Å²) in [6, 6.07) is 7.27. The van der Waals surface area contributed by atoms with E-state index in [2.05, 4.69) is 15.2 Å². The Morgan fingerprint density at radius 3 is 2.72 bits per heavy atom. The molecule has 3 rings (SSSR count). The number of rotatable bonds is 6. The molecule has 2 N–H and O–H groups in total. The van der Waals surface area contributed by atoms with Crippen LogP contribution in [0.4, 0.5) is 11.7 Å². The van der Waals surface area contributed by atoms with E-state index in [-0.39, 0.29) is 45.2 Å². The van der Waals surface area contributed by atoms with Crippen molar-refractivity contribution in [1.82, 2.24) is 10.3 Å². The third kappa shape index (κ3) is 4.20. The lowest BCUT2D eigenvalue weighted by molar-refractivity contribution is -0.779. The maximum atomic E-state index is 12.2. The van der Waals surface area contributed by atoms with Crippen molar-refractivity contribution < 1.29 is 18.7 Å². The van der Waals surface area contributed by atoms with Gasteiger partial charge in [-0.15, -0.1) is 0 Å². The topological polar surface area (TPSA) is 165 Å². The highest BCUT2D eigenvalue weighted by atomic mass is 32.2. The Balaban J connectivity index is 1.90. The van der Waals surface area contributed by atoms with Crippen molar-refractivity contribution in [3.63, 3.8) is 0 Å². The van der Waals surface area contributed by atoms with E-state index in [9.17, 15) is 15.6 Å². The fourth-order valence-electron chi connectivity index (χ4n) is 2.40. The number of nitrogens with zero attached hydrogens (tertiary/aromatic N) is 6. The number of aromatic nitrogens is 3. The highest BCUT2D eigenvalue weighted by Crippen LogP contribution is 2.35. The zero-order valence-corrected chi connectivity index (χ0v) is 16.3. The van der Waals surface area contributed by atoms with Gasteiger partial charge in [-0.3, -0.25) is 4.52 Å². The fourth-order valence-corrected chi connectivity index (χ4v) is 3.18. The Hall–Kier alpha value is -3.83. The van der Waals surface area contributed by atoms with E-state index in [1.807, 2.05) is 26.0 Å². The standard InChI is InChI=1S/C18H15N7O3S/c1-10(2)25-8-15(28-24-25)22-14(26)9-29-18-12(7-20)16(13-4-3-5-27-13)11(6-19)17(21)23-18/h3-5,8,10H,9H2,1-2H3,(H2-,21,22,23,24,26). The molecule has 0 amide bonds. The Bertz CT molecular complexity index is 1140. The predicted molar refractivity (Wildman–Crippen MR) is 101 cm³/mol. The molecule has 11 heteroatoms. The first kappa shape index (κ1) is 19.9. The average Bonchev–Trinajstić information content (AvgIpc) is 3.37. The van der Waals surface area contributed by atoms with Crippen molar-refractivity contribution in [2.45, 2.75) is 24.9 Å². The van der Waals surface area contributed by atoms with Crippen LogP contribution in [-0.2, 0) is 0 Å². The number of furan rings is 1. The molecular weight excluding hydrogens is 394 g/mol. The molecule has 146 valence electrons. The Morgan fingerprint density at radius 2 is 2.14 bits per heavy atom. The maximum absolute atomic E-state index is 12.2. The number of nitriles is 2. The van der Waals surface area contributed by atoms with E-state index in [0.717, 1.165) is 11.8 Å². The van der Waals surface area contributed by atoms with Crippen LogP contribution in [0.15, 0.2) is 43.6 Å². The zero-order chi connectivity index (χ0) is 21.0. The van der Waals surface area contributed by atoms with Crippen molar-refractivity contribution in [2.75, 3.05) is 11.5 Å². The molecule has 29 heavy (non-hydrogen) atoms. The van der Waals surface area contributed by atoms with Gasteiger partial charge in [-0.25, -0.2) is 9.98 Å². The number of hydrogen-bond acceptors (Lipinski definition) is 10. The second-order valence-corrected chi connectivity index (χ2v) is 7.00. The normalized spacial score (nSPS) is 11.4. The van der Waals surface area contributed by atoms with E-state index in [1.165, 1.54) is 17.1 Å². The van der Waals surface area contributed by atoms with Crippen LogP contribution in [0.2, 0.25) is 0 Å². The number of pyridine rings is 1. The quantitative estimate of drug-likeness (QED) is 0.276. The Morgan fingerprint density at radius 1 is 1.38 bits per heavy atom. The number of thioether (sulfide) groups is 1. The molecule has 0 saturated carbocycles. The van der Waals surface area contributed by atoms with Crippen LogP contribution in [-0.4, -0.2) is 21.9 Å². The summed E-state index contributed by atoms with van der Waals surface area (Å²) in [6.45, 7) is 3.82. The summed E-state index contributed by atoms with van der Waals surface area (Å²) in [5.41, 5.74) is 6.27. The minimum atomic E-state index is -0.504. The molecule has 0 bridgehead atoms.